The predicted molar refractivity (Wildman–Crippen MR) is 62.5 cm³/mol. The van der Waals surface area contributed by atoms with Gasteiger partial charge in [0.15, 0.2) is 0 Å². The average molecular weight is 209 g/mol. The quantitative estimate of drug-likeness (QED) is 0.704. The number of nitriles is 1. The molecule has 0 N–H and O–H groups in total. The number of likely N-dealkylation sites (tertiary alicyclic amines) is 1. The van der Waals surface area contributed by atoms with Gasteiger partial charge in [-0.3, -0.25) is 0 Å². The molecule has 1 saturated heterocycles. The third-order valence-corrected chi connectivity index (χ3v) is 3.50. The molecule has 0 aromatic carbocycles. The largest absolute Gasteiger partial charge is 0.306 e. The standard InChI is InChI=1S/C12H23N3/c1-4-11(9-13)10-15(3)12-5-7-14(2)8-6-12/h11-12H,4-8,10H2,1-3H3. The van der Waals surface area contributed by atoms with Crippen LogP contribution < -0.4 is 0 Å². The Morgan fingerprint density at radius 3 is 2.53 bits per heavy atom. The Morgan fingerprint density at radius 2 is 2.07 bits per heavy atom. The molecule has 0 radical (unpaired) electrons. The van der Waals surface area contributed by atoms with Crippen molar-refractivity contribution < 1.29 is 0 Å². The number of piperidine rings is 1. The Kier molecular flexibility index (Phi) is 5.07. The second-order valence-corrected chi connectivity index (χ2v) is 4.71. The molecule has 0 aliphatic carbocycles. The fourth-order valence-corrected chi connectivity index (χ4v) is 2.19. The maximum absolute atomic E-state index is 8.93. The molecule has 1 rings (SSSR count). The predicted octanol–water partition coefficient (Wildman–Crippen LogP) is 1.56. The molecule has 0 aromatic heterocycles. The monoisotopic (exact) mass is 209 g/mol. The first-order valence-electron chi connectivity index (χ1n) is 5.95. The SMILES string of the molecule is CCC(C#N)CN(C)C1CCN(C)CC1. The van der Waals surface area contributed by atoms with Gasteiger partial charge in [0.1, 0.15) is 0 Å². The van der Waals surface area contributed by atoms with Crippen molar-refractivity contribution in [2.45, 2.75) is 32.2 Å². The smallest absolute Gasteiger partial charge is 0.0669 e. The topological polar surface area (TPSA) is 30.3 Å². The van der Waals surface area contributed by atoms with Crippen LogP contribution in [0.15, 0.2) is 0 Å². The average Bonchev–Trinajstić information content (AvgIpc) is 2.26. The molecular formula is C12H23N3. The highest BCUT2D eigenvalue weighted by atomic mass is 15.2. The number of rotatable bonds is 4. The van der Waals surface area contributed by atoms with Crippen LogP contribution in [-0.2, 0) is 0 Å². The Morgan fingerprint density at radius 1 is 1.47 bits per heavy atom. The molecule has 3 heteroatoms. The van der Waals surface area contributed by atoms with E-state index in [4.69, 9.17) is 5.26 Å². The first-order chi connectivity index (χ1) is 7.17. The first-order valence-corrected chi connectivity index (χ1v) is 5.95. The highest BCUT2D eigenvalue weighted by Gasteiger charge is 2.21. The summed E-state index contributed by atoms with van der Waals surface area (Å²) in [6.45, 7) is 5.41. The van der Waals surface area contributed by atoms with E-state index in [2.05, 4.69) is 36.9 Å². The van der Waals surface area contributed by atoms with Gasteiger partial charge in [0, 0.05) is 12.6 Å². The van der Waals surface area contributed by atoms with E-state index in [1.807, 2.05) is 0 Å². The minimum atomic E-state index is 0.203. The van der Waals surface area contributed by atoms with Crippen LogP contribution in [0.25, 0.3) is 0 Å². The summed E-state index contributed by atoms with van der Waals surface area (Å²) in [5.41, 5.74) is 0. The second-order valence-electron chi connectivity index (χ2n) is 4.71. The zero-order valence-electron chi connectivity index (χ0n) is 10.2. The van der Waals surface area contributed by atoms with Crippen LogP contribution in [0.4, 0.5) is 0 Å². The molecule has 1 aliphatic rings. The first kappa shape index (κ1) is 12.5. The lowest BCUT2D eigenvalue weighted by Crippen LogP contribution is -2.43. The van der Waals surface area contributed by atoms with Crippen LogP contribution in [0.1, 0.15) is 26.2 Å². The lowest BCUT2D eigenvalue weighted by molar-refractivity contribution is 0.135. The molecule has 1 fully saturated rings. The molecular weight excluding hydrogens is 186 g/mol. The number of hydrogen-bond acceptors (Lipinski definition) is 3. The van der Waals surface area contributed by atoms with E-state index in [-0.39, 0.29) is 5.92 Å². The summed E-state index contributed by atoms with van der Waals surface area (Å²) in [5.74, 6) is 0.203. The van der Waals surface area contributed by atoms with Gasteiger partial charge in [-0.1, -0.05) is 6.92 Å². The fraction of sp³-hybridized carbons (Fsp3) is 0.917. The van der Waals surface area contributed by atoms with E-state index < -0.39 is 0 Å². The fourth-order valence-electron chi connectivity index (χ4n) is 2.19. The highest BCUT2D eigenvalue weighted by molar-refractivity contribution is 4.86. The summed E-state index contributed by atoms with van der Waals surface area (Å²) in [6.07, 6.45) is 3.46. The Labute approximate surface area is 93.7 Å². The van der Waals surface area contributed by atoms with Gasteiger partial charge in [-0.15, -0.1) is 0 Å². The maximum atomic E-state index is 8.93. The van der Waals surface area contributed by atoms with E-state index in [1.54, 1.807) is 0 Å². The van der Waals surface area contributed by atoms with Gasteiger partial charge in [-0.2, -0.15) is 5.26 Å². The lowest BCUT2D eigenvalue weighted by atomic mass is 10.0. The summed E-state index contributed by atoms with van der Waals surface area (Å²) in [5, 5.41) is 8.93. The van der Waals surface area contributed by atoms with E-state index in [9.17, 15) is 0 Å². The third kappa shape index (κ3) is 3.81. The van der Waals surface area contributed by atoms with Crippen molar-refractivity contribution in [2.75, 3.05) is 33.7 Å². The Hall–Kier alpha value is -0.590. The van der Waals surface area contributed by atoms with Gasteiger partial charge in [-0.25, -0.2) is 0 Å². The summed E-state index contributed by atoms with van der Waals surface area (Å²) >= 11 is 0. The van der Waals surface area contributed by atoms with Crippen LogP contribution in [0, 0.1) is 17.2 Å². The molecule has 0 aromatic rings. The Balaban J connectivity index is 2.34. The second kappa shape index (κ2) is 6.09. The van der Waals surface area contributed by atoms with E-state index >= 15 is 0 Å². The van der Waals surface area contributed by atoms with Gasteiger partial charge in [0.25, 0.3) is 0 Å². The van der Waals surface area contributed by atoms with E-state index in [1.165, 1.54) is 25.9 Å². The van der Waals surface area contributed by atoms with Gasteiger partial charge >= 0.3 is 0 Å². The minimum absolute atomic E-state index is 0.203. The zero-order valence-corrected chi connectivity index (χ0v) is 10.2. The molecule has 0 bridgehead atoms. The molecule has 1 heterocycles. The highest BCUT2D eigenvalue weighted by Crippen LogP contribution is 2.16. The van der Waals surface area contributed by atoms with Gasteiger partial charge in [0.2, 0.25) is 0 Å². The molecule has 86 valence electrons. The normalized spacial score (nSPS) is 21.5. The van der Waals surface area contributed by atoms with Crippen molar-refractivity contribution in [3.63, 3.8) is 0 Å². The van der Waals surface area contributed by atoms with Crippen molar-refractivity contribution in [1.82, 2.24) is 9.80 Å². The van der Waals surface area contributed by atoms with Crippen molar-refractivity contribution in [1.29, 1.82) is 5.26 Å². The van der Waals surface area contributed by atoms with Crippen LogP contribution in [-0.4, -0.2) is 49.6 Å². The van der Waals surface area contributed by atoms with Gasteiger partial charge < -0.3 is 9.80 Å². The molecule has 1 atom stereocenters. The lowest BCUT2D eigenvalue weighted by Gasteiger charge is -2.35. The maximum Gasteiger partial charge on any atom is 0.0669 e. The number of nitrogens with zero attached hydrogens (tertiary/aromatic N) is 3. The van der Waals surface area contributed by atoms with Crippen LogP contribution in [0.3, 0.4) is 0 Å². The van der Waals surface area contributed by atoms with Crippen LogP contribution in [0.2, 0.25) is 0 Å². The Bertz CT molecular complexity index is 213. The van der Waals surface area contributed by atoms with Crippen molar-refractivity contribution in [2.24, 2.45) is 5.92 Å². The van der Waals surface area contributed by atoms with Crippen molar-refractivity contribution >= 4 is 0 Å². The molecule has 1 unspecified atom stereocenters. The summed E-state index contributed by atoms with van der Waals surface area (Å²) < 4.78 is 0. The number of hydrogen-bond donors (Lipinski definition) is 0. The molecule has 15 heavy (non-hydrogen) atoms. The van der Waals surface area contributed by atoms with Crippen molar-refractivity contribution in [3.05, 3.63) is 0 Å². The van der Waals surface area contributed by atoms with Crippen LogP contribution in [0.5, 0.6) is 0 Å². The molecule has 0 amide bonds. The molecule has 1 aliphatic heterocycles. The van der Waals surface area contributed by atoms with Crippen molar-refractivity contribution in [3.8, 4) is 6.07 Å². The molecule has 0 spiro atoms. The summed E-state index contributed by atoms with van der Waals surface area (Å²) in [6, 6.07) is 3.06. The van der Waals surface area contributed by atoms with Gasteiger partial charge in [0.05, 0.1) is 12.0 Å². The van der Waals surface area contributed by atoms with E-state index in [0.717, 1.165) is 13.0 Å². The minimum Gasteiger partial charge on any atom is -0.306 e. The molecule has 3 nitrogen and oxygen atoms in total. The zero-order chi connectivity index (χ0) is 11.3. The van der Waals surface area contributed by atoms with Gasteiger partial charge in [-0.05, 0) is 46.4 Å². The molecule has 0 saturated carbocycles. The summed E-state index contributed by atoms with van der Waals surface area (Å²) in [4.78, 5) is 4.76. The van der Waals surface area contributed by atoms with Crippen LogP contribution >= 0.6 is 0 Å². The third-order valence-electron chi connectivity index (χ3n) is 3.50. The summed E-state index contributed by atoms with van der Waals surface area (Å²) in [7, 11) is 4.34. The van der Waals surface area contributed by atoms with E-state index in [0.29, 0.717) is 6.04 Å².